The van der Waals surface area contributed by atoms with Gasteiger partial charge in [-0.05, 0) is 72.0 Å². The van der Waals surface area contributed by atoms with Crippen LogP contribution in [0, 0.1) is 17.3 Å². The van der Waals surface area contributed by atoms with Crippen LogP contribution >= 0.6 is 0 Å². The topological polar surface area (TPSA) is 66.4 Å². The maximum absolute atomic E-state index is 13.8. The molecule has 0 bridgehead atoms. The Bertz CT molecular complexity index is 887. The summed E-state index contributed by atoms with van der Waals surface area (Å²) in [6.07, 6.45) is 11.3. The minimum absolute atomic E-state index is 0.0322. The van der Waals surface area contributed by atoms with Crippen LogP contribution in [0.5, 0.6) is 0 Å². The number of carboxylic acids is 1. The van der Waals surface area contributed by atoms with E-state index in [0.717, 1.165) is 44.9 Å². The molecule has 182 valence electrons. The largest absolute Gasteiger partial charge is 0.480 e. The van der Waals surface area contributed by atoms with Gasteiger partial charge >= 0.3 is 5.97 Å². The molecule has 4 atom stereocenters. The van der Waals surface area contributed by atoms with Gasteiger partial charge in [0.2, 0.25) is 5.91 Å². The molecule has 0 saturated heterocycles. The van der Waals surface area contributed by atoms with Crippen LogP contribution in [0.3, 0.4) is 0 Å². The number of carboxylic acid groups (broad SMARTS) is 1. The molecule has 2 saturated carbocycles. The molecular formula is C29H43NO3. The molecule has 4 heteroatoms. The molecule has 2 fully saturated rings. The molecular weight excluding hydrogens is 410 g/mol. The zero-order chi connectivity index (χ0) is 23.8. The zero-order valence-corrected chi connectivity index (χ0v) is 21.1. The lowest BCUT2D eigenvalue weighted by Crippen LogP contribution is -2.57. The zero-order valence-electron chi connectivity index (χ0n) is 21.1. The van der Waals surface area contributed by atoms with E-state index in [0.29, 0.717) is 18.3 Å². The average molecular weight is 454 g/mol. The van der Waals surface area contributed by atoms with Gasteiger partial charge in [0.05, 0.1) is 5.41 Å². The Morgan fingerprint density at radius 1 is 1.06 bits per heavy atom. The fourth-order valence-electron chi connectivity index (χ4n) is 7.44. The standard InChI is InChI=1S/C29H43NO3/c1-19(2)21-11-13-23-22(18-21)12-14-25-28(23,3)15-8-16-29(25,4)27(33)30-24(26(31)32)17-20-9-6-5-7-10-20/h11,13,18-20,24-25H,5-10,12,14-17H2,1-4H3,(H,30,33)(H,31,32)/t24-,25+,28+,29+/m0/s1. The van der Waals surface area contributed by atoms with E-state index in [1.54, 1.807) is 0 Å². The van der Waals surface area contributed by atoms with Crippen molar-refractivity contribution in [3.63, 3.8) is 0 Å². The van der Waals surface area contributed by atoms with E-state index in [1.165, 1.54) is 36.0 Å². The number of nitrogens with one attached hydrogen (secondary N) is 1. The molecule has 0 heterocycles. The summed E-state index contributed by atoms with van der Waals surface area (Å²) in [6.45, 7) is 8.94. The number of carbonyl (C=O) groups excluding carboxylic acids is 1. The molecule has 0 aromatic heterocycles. The predicted octanol–water partition coefficient (Wildman–Crippen LogP) is 6.36. The second-order valence-corrected chi connectivity index (χ2v) is 12.0. The van der Waals surface area contributed by atoms with E-state index < -0.39 is 17.4 Å². The van der Waals surface area contributed by atoms with Crippen LogP contribution < -0.4 is 5.32 Å². The monoisotopic (exact) mass is 453 g/mol. The lowest BCUT2D eigenvalue weighted by Gasteiger charge is -2.54. The minimum Gasteiger partial charge on any atom is -0.480 e. The van der Waals surface area contributed by atoms with Gasteiger partial charge in [0, 0.05) is 0 Å². The van der Waals surface area contributed by atoms with Gasteiger partial charge in [0.15, 0.2) is 0 Å². The number of fused-ring (bicyclic) bond motifs is 3. The molecule has 3 aliphatic carbocycles. The first kappa shape index (κ1) is 24.3. The summed E-state index contributed by atoms with van der Waals surface area (Å²) < 4.78 is 0. The van der Waals surface area contributed by atoms with Crippen LogP contribution in [0.15, 0.2) is 18.2 Å². The number of aryl methyl sites for hydroxylation is 1. The molecule has 1 aromatic carbocycles. The van der Waals surface area contributed by atoms with Crippen molar-refractivity contribution < 1.29 is 14.7 Å². The Morgan fingerprint density at radius 2 is 1.79 bits per heavy atom. The Morgan fingerprint density at radius 3 is 2.45 bits per heavy atom. The van der Waals surface area contributed by atoms with Crippen molar-refractivity contribution in [1.82, 2.24) is 5.32 Å². The van der Waals surface area contributed by atoms with E-state index in [4.69, 9.17) is 0 Å². The van der Waals surface area contributed by atoms with Gasteiger partial charge in [-0.2, -0.15) is 0 Å². The summed E-state index contributed by atoms with van der Waals surface area (Å²) in [5.41, 5.74) is 3.69. The first-order valence-corrected chi connectivity index (χ1v) is 13.3. The van der Waals surface area contributed by atoms with Gasteiger partial charge in [-0.1, -0.05) is 84.4 Å². The maximum Gasteiger partial charge on any atom is 0.326 e. The molecule has 1 aromatic rings. The number of carbonyl (C=O) groups is 2. The van der Waals surface area contributed by atoms with E-state index >= 15 is 0 Å². The molecule has 33 heavy (non-hydrogen) atoms. The van der Waals surface area contributed by atoms with Crippen molar-refractivity contribution in [2.75, 3.05) is 0 Å². The Labute approximate surface area is 199 Å². The maximum atomic E-state index is 13.8. The lowest BCUT2D eigenvalue weighted by molar-refractivity contribution is -0.147. The number of benzene rings is 1. The van der Waals surface area contributed by atoms with Crippen molar-refractivity contribution >= 4 is 11.9 Å². The molecule has 1 amide bonds. The lowest BCUT2D eigenvalue weighted by atomic mass is 9.49. The molecule has 4 rings (SSSR count). The van der Waals surface area contributed by atoms with E-state index in [-0.39, 0.29) is 17.2 Å². The molecule has 0 unspecified atom stereocenters. The third-order valence-electron chi connectivity index (χ3n) is 9.46. The van der Waals surface area contributed by atoms with Crippen LogP contribution in [-0.2, 0) is 21.4 Å². The van der Waals surface area contributed by atoms with Gasteiger partial charge in [-0.3, -0.25) is 4.79 Å². The average Bonchev–Trinajstić information content (AvgIpc) is 2.78. The van der Waals surface area contributed by atoms with Crippen molar-refractivity contribution in [3.8, 4) is 0 Å². The molecule has 0 aliphatic heterocycles. The SMILES string of the molecule is CC(C)c1ccc2c(c1)CC[C@H]1[C@](C)(C(=O)N[C@@H](CC3CCCCC3)C(=O)O)CCC[C@]21C. The first-order valence-electron chi connectivity index (χ1n) is 13.3. The minimum atomic E-state index is -0.883. The van der Waals surface area contributed by atoms with Crippen molar-refractivity contribution in [2.45, 2.75) is 116 Å². The second-order valence-electron chi connectivity index (χ2n) is 12.0. The summed E-state index contributed by atoms with van der Waals surface area (Å²) in [7, 11) is 0. The van der Waals surface area contributed by atoms with Gasteiger partial charge in [-0.25, -0.2) is 4.79 Å². The Balaban J connectivity index is 1.56. The van der Waals surface area contributed by atoms with E-state index in [1.807, 2.05) is 0 Å². The highest BCUT2D eigenvalue weighted by molar-refractivity contribution is 5.87. The van der Waals surface area contributed by atoms with E-state index in [9.17, 15) is 14.7 Å². The van der Waals surface area contributed by atoms with Crippen LogP contribution in [0.25, 0.3) is 0 Å². The fourth-order valence-corrected chi connectivity index (χ4v) is 7.44. The van der Waals surface area contributed by atoms with Crippen LogP contribution in [-0.4, -0.2) is 23.0 Å². The van der Waals surface area contributed by atoms with Gasteiger partial charge in [0.1, 0.15) is 6.04 Å². The highest BCUT2D eigenvalue weighted by atomic mass is 16.4. The third kappa shape index (κ3) is 4.59. The first-order chi connectivity index (χ1) is 15.6. The Hall–Kier alpha value is -1.84. The highest BCUT2D eigenvalue weighted by Gasteiger charge is 2.55. The van der Waals surface area contributed by atoms with Crippen molar-refractivity contribution in [1.29, 1.82) is 0 Å². The van der Waals surface area contributed by atoms with Crippen molar-refractivity contribution in [3.05, 3.63) is 34.9 Å². The molecule has 0 radical (unpaired) electrons. The highest BCUT2D eigenvalue weighted by Crippen LogP contribution is 2.57. The van der Waals surface area contributed by atoms with Crippen LogP contribution in [0.1, 0.15) is 115 Å². The fraction of sp³-hybridized carbons (Fsp3) is 0.724. The van der Waals surface area contributed by atoms with Gasteiger partial charge in [0.25, 0.3) is 0 Å². The van der Waals surface area contributed by atoms with Gasteiger partial charge < -0.3 is 10.4 Å². The molecule has 4 nitrogen and oxygen atoms in total. The quantitative estimate of drug-likeness (QED) is 0.527. The van der Waals surface area contributed by atoms with E-state index in [2.05, 4.69) is 51.2 Å². The summed E-state index contributed by atoms with van der Waals surface area (Å²) in [4.78, 5) is 25.8. The molecule has 3 aliphatic rings. The molecule has 0 spiro atoms. The van der Waals surface area contributed by atoms with Crippen molar-refractivity contribution in [2.24, 2.45) is 17.3 Å². The predicted molar refractivity (Wildman–Crippen MR) is 132 cm³/mol. The van der Waals surface area contributed by atoms with Gasteiger partial charge in [-0.15, -0.1) is 0 Å². The number of amides is 1. The normalized spacial score (nSPS) is 30.9. The summed E-state index contributed by atoms with van der Waals surface area (Å²) >= 11 is 0. The number of aliphatic carboxylic acids is 1. The summed E-state index contributed by atoms with van der Waals surface area (Å²) in [6, 6.07) is 6.21. The van der Waals surface area contributed by atoms with Crippen LogP contribution in [0.2, 0.25) is 0 Å². The molecule has 2 N–H and O–H groups in total. The summed E-state index contributed by atoms with van der Waals surface area (Å²) in [5.74, 6) is 0.247. The Kier molecular flexibility index (Phi) is 6.94. The summed E-state index contributed by atoms with van der Waals surface area (Å²) in [5, 5.41) is 12.9. The number of hydrogen-bond donors (Lipinski definition) is 2. The third-order valence-corrected chi connectivity index (χ3v) is 9.46. The number of rotatable bonds is 6. The second kappa shape index (κ2) is 9.43. The van der Waals surface area contributed by atoms with Crippen LogP contribution in [0.4, 0.5) is 0 Å². The number of hydrogen-bond acceptors (Lipinski definition) is 2. The smallest absolute Gasteiger partial charge is 0.326 e.